The number of carbonyl (C=O) groups excluding carboxylic acids is 3. The molecule has 1 N–H and O–H groups in total. The van der Waals surface area contributed by atoms with Crippen LogP contribution in [-0.4, -0.2) is 28.7 Å². The van der Waals surface area contributed by atoms with Gasteiger partial charge < -0.3 is 9.73 Å². The van der Waals surface area contributed by atoms with E-state index < -0.39 is 35.5 Å². The minimum Gasteiger partial charge on any atom is -0.461 e. The molecular formula is C20H18F3N3O4. The van der Waals surface area contributed by atoms with E-state index in [1.165, 1.54) is 18.4 Å². The summed E-state index contributed by atoms with van der Waals surface area (Å²) >= 11 is 0. The number of furan rings is 1. The maximum atomic E-state index is 13.2. The van der Waals surface area contributed by atoms with Crippen LogP contribution in [0.5, 0.6) is 0 Å². The van der Waals surface area contributed by atoms with Crippen molar-refractivity contribution >= 4 is 23.4 Å². The largest absolute Gasteiger partial charge is 0.461 e. The van der Waals surface area contributed by atoms with Crippen LogP contribution in [0.3, 0.4) is 0 Å². The summed E-state index contributed by atoms with van der Waals surface area (Å²) in [7, 11) is 0. The summed E-state index contributed by atoms with van der Waals surface area (Å²) in [6.45, 7) is 0. The van der Waals surface area contributed by atoms with Crippen LogP contribution >= 0.6 is 0 Å². The van der Waals surface area contributed by atoms with Gasteiger partial charge in [0.1, 0.15) is 11.6 Å². The van der Waals surface area contributed by atoms with E-state index in [9.17, 15) is 27.6 Å². The fourth-order valence-electron chi connectivity index (χ4n) is 3.93. The maximum Gasteiger partial charge on any atom is 0.433 e. The average Bonchev–Trinajstić information content (AvgIpc) is 3.33. The molecule has 2 aliphatic rings. The molecule has 4 rings (SSSR count). The number of alkyl halides is 3. The van der Waals surface area contributed by atoms with Crippen LogP contribution in [-0.2, 0) is 11.0 Å². The lowest BCUT2D eigenvalue weighted by atomic mass is 9.95. The first kappa shape index (κ1) is 20.1. The molecule has 30 heavy (non-hydrogen) atoms. The average molecular weight is 421 g/mol. The number of imide groups is 1. The van der Waals surface area contributed by atoms with E-state index in [2.05, 4.69) is 10.3 Å². The molecule has 1 aliphatic carbocycles. The van der Waals surface area contributed by atoms with Gasteiger partial charge in [-0.15, -0.1) is 0 Å². The van der Waals surface area contributed by atoms with Gasteiger partial charge in [0, 0.05) is 11.6 Å². The Morgan fingerprint density at radius 2 is 1.93 bits per heavy atom. The number of fused-ring (bicyclic) bond motifs is 1. The number of halogens is 3. The summed E-state index contributed by atoms with van der Waals surface area (Å²) in [5, 5.41) is 2.75. The number of nitrogens with zero attached hydrogens (tertiary/aromatic N) is 2. The Bertz CT molecular complexity index is 982. The van der Waals surface area contributed by atoms with E-state index in [4.69, 9.17) is 4.42 Å². The molecule has 1 aliphatic heterocycles. The molecule has 0 bridgehead atoms. The summed E-state index contributed by atoms with van der Waals surface area (Å²) in [4.78, 5) is 42.8. The van der Waals surface area contributed by atoms with Crippen LogP contribution in [0.1, 0.15) is 59.8 Å². The zero-order valence-corrected chi connectivity index (χ0v) is 15.7. The van der Waals surface area contributed by atoms with Gasteiger partial charge in [0.05, 0.1) is 18.1 Å². The van der Waals surface area contributed by atoms with Crippen LogP contribution in [0.25, 0.3) is 0 Å². The van der Waals surface area contributed by atoms with Crippen LogP contribution in [0.4, 0.5) is 23.7 Å². The quantitative estimate of drug-likeness (QED) is 0.596. The van der Waals surface area contributed by atoms with Gasteiger partial charge in [0.2, 0.25) is 5.78 Å². The summed E-state index contributed by atoms with van der Waals surface area (Å²) < 4.78 is 44.6. The number of pyridine rings is 1. The van der Waals surface area contributed by atoms with Crippen molar-refractivity contribution in [2.75, 3.05) is 4.90 Å². The van der Waals surface area contributed by atoms with Gasteiger partial charge in [-0.2, -0.15) is 13.2 Å². The zero-order valence-electron chi connectivity index (χ0n) is 15.7. The highest BCUT2D eigenvalue weighted by atomic mass is 19.4. The summed E-state index contributed by atoms with van der Waals surface area (Å²) in [6.07, 6.45) is 1.69. The van der Waals surface area contributed by atoms with Crippen LogP contribution in [0.2, 0.25) is 0 Å². The van der Waals surface area contributed by atoms with Gasteiger partial charge in [0.15, 0.2) is 5.76 Å². The van der Waals surface area contributed by atoms with E-state index in [-0.39, 0.29) is 23.1 Å². The van der Waals surface area contributed by atoms with Crippen LogP contribution < -0.4 is 10.2 Å². The van der Waals surface area contributed by atoms with Crippen LogP contribution in [0.15, 0.2) is 35.1 Å². The zero-order chi connectivity index (χ0) is 21.5. The van der Waals surface area contributed by atoms with Crippen molar-refractivity contribution in [1.29, 1.82) is 0 Å². The van der Waals surface area contributed by atoms with Crippen molar-refractivity contribution in [2.24, 2.45) is 0 Å². The van der Waals surface area contributed by atoms with E-state index in [1.807, 2.05) is 0 Å². The van der Waals surface area contributed by atoms with Gasteiger partial charge in [-0.05, 0) is 31.0 Å². The van der Waals surface area contributed by atoms with Crippen molar-refractivity contribution < 1.29 is 32.0 Å². The molecule has 3 amide bonds. The fourth-order valence-corrected chi connectivity index (χ4v) is 3.93. The molecule has 1 saturated carbocycles. The monoisotopic (exact) mass is 421 g/mol. The topological polar surface area (TPSA) is 92.5 Å². The highest BCUT2D eigenvalue weighted by Gasteiger charge is 2.48. The molecule has 1 unspecified atom stereocenters. The Kier molecular flexibility index (Phi) is 5.08. The fraction of sp³-hybridized carbons (Fsp3) is 0.400. The van der Waals surface area contributed by atoms with E-state index in [1.54, 1.807) is 0 Å². The number of hydrogen-bond acceptors (Lipinski definition) is 5. The van der Waals surface area contributed by atoms with E-state index in [0.717, 1.165) is 38.3 Å². The molecule has 1 atom stereocenters. The molecule has 0 aromatic carbocycles. The lowest BCUT2D eigenvalue weighted by Gasteiger charge is -2.25. The lowest BCUT2D eigenvalue weighted by Crippen LogP contribution is -2.47. The number of amides is 3. The molecule has 0 radical (unpaired) electrons. The second kappa shape index (κ2) is 7.58. The molecule has 2 aromatic heterocycles. The van der Waals surface area contributed by atoms with Gasteiger partial charge in [-0.25, -0.2) is 14.7 Å². The number of hydrogen-bond donors (Lipinski definition) is 1. The van der Waals surface area contributed by atoms with E-state index >= 15 is 0 Å². The highest BCUT2D eigenvalue weighted by Crippen LogP contribution is 2.41. The molecule has 0 saturated heterocycles. The third kappa shape index (κ3) is 3.57. The first-order valence-corrected chi connectivity index (χ1v) is 9.56. The molecule has 3 heterocycles. The van der Waals surface area contributed by atoms with Gasteiger partial charge >= 0.3 is 12.2 Å². The maximum absolute atomic E-state index is 13.2. The summed E-state index contributed by atoms with van der Waals surface area (Å²) in [5.74, 6) is -3.55. The molecular weight excluding hydrogens is 403 g/mol. The third-order valence-electron chi connectivity index (χ3n) is 5.39. The standard InChI is InChI=1S/C20H18F3N3O4/c21-20(22,23)15-9-12-13(10-24-15)26(19(29)25-11-5-2-1-3-6-11)18(28)16(12)17(27)14-7-4-8-30-14/h4,7-11,16H,1-3,5-6H2,(H,25,29). The number of anilines is 1. The molecule has 2 aromatic rings. The molecule has 0 spiro atoms. The minimum absolute atomic E-state index is 0.133. The smallest absolute Gasteiger partial charge is 0.433 e. The van der Waals surface area contributed by atoms with Gasteiger partial charge in [0.25, 0.3) is 5.91 Å². The number of ketones is 1. The van der Waals surface area contributed by atoms with Crippen molar-refractivity contribution in [3.05, 3.63) is 47.7 Å². The van der Waals surface area contributed by atoms with E-state index in [0.29, 0.717) is 11.0 Å². The number of Topliss-reactive ketones (excluding diaryl/α,β-unsaturated/α-hetero) is 1. The number of aromatic nitrogens is 1. The Morgan fingerprint density at radius 3 is 2.57 bits per heavy atom. The number of urea groups is 1. The second-order valence-electron chi connectivity index (χ2n) is 7.36. The Morgan fingerprint density at radius 1 is 1.20 bits per heavy atom. The number of rotatable bonds is 3. The summed E-state index contributed by atoms with van der Waals surface area (Å²) in [6, 6.07) is 2.47. The Labute approximate surface area is 169 Å². The van der Waals surface area contributed by atoms with Crippen molar-refractivity contribution in [3.8, 4) is 0 Å². The number of carbonyl (C=O) groups is 3. The SMILES string of the molecule is O=C(c1ccco1)C1C(=O)N(C(=O)NC2CCCCC2)c2cnc(C(F)(F)F)cc21. The first-order valence-electron chi connectivity index (χ1n) is 9.56. The Balaban J connectivity index is 1.72. The van der Waals surface area contributed by atoms with Gasteiger partial charge in [-0.1, -0.05) is 19.3 Å². The molecule has 10 heteroatoms. The first-order chi connectivity index (χ1) is 14.3. The molecule has 7 nitrogen and oxygen atoms in total. The van der Waals surface area contributed by atoms with Crippen molar-refractivity contribution in [3.63, 3.8) is 0 Å². The van der Waals surface area contributed by atoms with Crippen LogP contribution in [0, 0.1) is 0 Å². The number of nitrogens with one attached hydrogen (secondary N) is 1. The predicted molar refractivity (Wildman–Crippen MR) is 97.9 cm³/mol. The molecule has 158 valence electrons. The summed E-state index contributed by atoms with van der Waals surface area (Å²) in [5.41, 5.74) is -1.60. The highest BCUT2D eigenvalue weighted by molar-refractivity contribution is 6.29. The van der Waals surface area contributed by atoms with Gasteiger partial charge in [-0.3, -0.25) is 9.59 Å². The minimum atomic E-state index is -4.77. The second-order valence-corrected chi connectivity index (χ2v) is 7.36. The third-order valence-corrected chi connectivity index (χ3v) is 5.39. The molecule has 1 fully saturated rings. The Hall–Kier alpha value is -3.17. The lowest BCUT2D eigenvalue weighted by molar-refractivity contribution is -0.141. The van der Waals surface area contributed by atoms with Crippen molar-refractivity contribution in [1.82, 2.24) is 10.3 Å². The predicted octanol–water partition coefficient (Wildman–Crippen LogP) is 4.05. The normalized spacial score (nSPS) is 19.6. The van der Waals surface area contributed by atoms with Crippen molar-refractivity contribution in [2.45, 2.75) is 50.2 Å².